The Labute approximate surface area is 183 Å². The molecule has 2 aliphatic heterocycles. The molecule has 0 bridgehead atoms. The van der Waals surface area contributed by atoms with Crippen LogP contribution in [0.5, 0.6) is 0 Å². The van der Waals surface area contributed by atoms with E-state index in [9.17, 15) is 19.6 Å². The van der Waals surface area contributed by atoms with Crippen LogP contribution in [0.4, 0.5) is 0 Å². The molecule has 1 saturated heterocycles. The smallest absolute Gasteiger partial charge is 0.255 e. The molecule has 0 saturated carbocycles. The number of piperidine rings is 1. The van der Waals surface area contributed by atoms with Gasteiger partial charge in [-0.15, -0.1) is 5.10 Å². The largest absolute Gasteiger partial charge is 0.322 e. The third kappa shape index (κ3) is 3.13. The fraction of sp³-hybridized carbons (Fsp3) is 0.217. The second-order valence-corrected chi connectivity index (χ2v) is 7.88. The van der Waals surface area contributed by atoms with Gasteiger partial charge in [0.25, 0.3) is 5.91 Å². The normalized spacial score (nSPS) is 17.8. The van der Waals surface area contributed by atoms with E-state index in [0.717, 1.165) is 16.7 Å². The van der Waals surface area contributed by atoms with E-state index >= 15 is 0 Å². The molecule has 0 spiro atoms. The number of fused-ring (bicyclic) bond motifs is 1. The number of rotatable bonds is 3. The summed E-state index contributed by atoms with van der Waals surface area (Å²) in [6.45, 7) is 2.19. The topological polar surface area (TPSA) is 121 Å². The molecule has 1 fully saturated rings. The lowest BCUT2D eigenvalue weighted by Gasteiger charge is -2.29. The van der Waals surface area contributed by atoms with Gasteiger partial charge >= 0.3 is 0 Å². The van der Waals surface area contributed by atoms with Crippen molar-refractivity contribution in [1.82, 2.24) is 25.2 Å². The second kappa shape index (κ2) is 7.42. The number of nitrogens with zero attached hydrogens (tertiary/aromatic N) is 5. The Balaban J connectivity index is 1.43. The maximum Gasteiger partial charge on any atom is 0.255 e. The SMILES string of the molecule is Cc1c(C#N)cccc1-c1cn(-c2ccc3c(c2)C(=O)N(C2CCC(=O)NC2=O)C3)nn1. The van der Waals surface area contributed by atoms with Crippen molar-refractivity contribution in [3.05, 3.63) is 64.8 Å². The zero-order valence-corrected chi connectivity index (χ0v) is 17.2. The average molecular weight is 426 g/mol. The minimum absolute atomic E-state index is 0.218. The summed E-state index contributed by atoms with van der Waals surface area (Å²) < 4.78 is 1.58. The van der Waals surface area contributed by atoms with Crippen LogP contribution in [0.2, 0.25) is 0 Å². The van der Waals surface area contributed by atoms with Crippen molar-refractivity contribution in [2.24, 2.45) is 0 Å². The summed E-state index contributed by atoms with van der Waals surface area (Å²) in [7, 11) is 0. The van der Waals surface area contributed by atoms with E-state index in [4.69, 9.17) is 0 Å². The molecule has 2 aromatic carbocycles. The lowest BCUT2D eigenvalue weighted by atomic mass is 10.0. The van der Waals surface area contributed by atoms with Gasteiger partial charge in [-0.25, -0.2) is 4.68 Å². The molecule has 3 heterocycles. The van der Waals surface area contributed by atoms with E-state index in [-0.39, 0.29) is 18.2 Å². The second-order valence-electron chi connectivity index (χ2n) is 7.88. The van der Waals surface area contributed by atoms with E-state index < -0.39 is 11.9 Å². The van der Waals surface area contributed by atoms with Gasteiger partial charge in [0, 0.05) is 24.1 Å². The third-order valence-electron chi connectivity index (χ3n) is 6.00. The standard InChI is InChI=1S/C23H18N6O3/c1-13-14(10-24)3-2-4-17(13)19-12-29(27-26-19)16-6-5-15-11-28(23(32)18(15)9-16)20-7-8-21(30)25-22(20)31/h2-6,9,12,20H,7-8,11H2,1H3,(H,25,30,31). The number of benzene rings is 2. The molecule has 9 nitrogen and oxygen atoms in total. The van der Waals surface area contributed by atoms with Crippen LogP contribution >= 0.6 is 0 Å². The molecule has 3 aromatic rings. The highest BCUT2D eigenvalue weighted by atomic mass is 16.2. The van der Waals surface area contributed by atoms with Crippen molar-refractivity contribution in [3.8, 4) is 23.0 Å². The summed E-state index contributed by atoms with van der Waals surface area (Å²) in [5.41, 5.74) is 4.83. The average Bonchev–Trinajstić information content (AvgIpc) is 3.39. The fourth-order valence-electron chi connectivity index (χ4n) is 4.23. The summed E-state index contributed by atoms with van der Waals surface area (Å²) in [6.07, 6.45) is 2.29. The van der Waals surface area contributed by atoms with Gasteiger partial charge in [0.15, 0.2) is 0 Å². The Hall–Kier alpha value is -4.32. The quantitative estimate of drug-likeness (QED) is 0.639. The summed E-state index contributed by atoms with van der Waals surface area (Å²) in [5.74, 6) is -0.983. The minimum Gasteiger partial charge on any atom is -0.322 e. The number of imide groups is 1. The van der Waals surface area contributed by atoms with E-state index in [1.165, 1.54) is 4.90 Å². The molecule has 9 heteroatoms. The maximum absolute atomic E-state index is 13.0. The van der Waals surface area contributed by atoms with Crippen LogP contribution < -0.4 is 5.32 Å². The van der Waals surface area contributed by atoms with Gasteiger partial charge < -0.3 is 4.90 Å². The van der Waals surface area contributed by atoms with Gasteiger partial charge in [0.2, 0.25) is 11.8 Å². The number of nitriles is 1. The van der Waals surface area contributed by atoms with E-state index in [2.05, 4.69) is 21.7 Å². The molecule has 5 rings (SSSR count). The predicted octanol–water partition coefficient (Wildman–Crippen LogP) is 1.88. The van der Waals surface area contributed by atoms with Gasteiger partial charge in [-0.3, -0.25) is 19.7 Å². The lowest BCUT2D eigenvalue weighted by molar-refractivity contribution is -0.136. The number of hydrogen-bond donors (Lipinski definition) is 1. The predicted molar refractivity (Wildman–Crippen MR) is 112 cm³/mol. The van der Waals surface area contributed by atoms with Gasteiger partial charge in [0.1, 0.15) is 11.7 Å². The lowest BCUT2D eigenvalue weighted by Crippen LogP contribution is -2.52. The highest BCUT2D eigenvalue weighted by Crippen LogP contribution is 2.30. The van der Waals surface area contributed by atoms with Crippen LogP contribution in [0.3, 0.4) is 0 Å². The van der Waals surface area contributed by atoms with Crippen LogP contribution in [0.1, 0.15) is 39.9 Å². The van der Waals surface area contributed by atoms with Gasteiger partial charge in [-0.1, -0.05) is 23.4 Å². The summed E-state index contributed by atoms with van der Waals surface area (Å²) >= 11 is 0. The molecule has 3 amide bonds. The minimum atomic E-state index is -0.649. The molecule has 0 aliphatic carbocycles. The van der Waals surface area contributed by atoms with Gasteiger partial charge in [-0.2, -0.15) is 5.26 Å². The van der Waals surface area contributed by atoms with E-state index in [0.29, 0.717) is 35.5 Å². The third-order valence-corrected chi connectivity index (χ3v) is 6.00. The van der Waals surface area contributed by atoms with E-state index in [1.807, 2.05) is 25.1 Å². The van der Waals surface area contributed by atoms with Crippen LogP contribution in [-0.2, 0) is 16.1 Å². The van der Waals surface area contributed by atoms with Crippen molar-refractivity contribution in [2.45, 2.75) is 32.4 Å². The number of aromatic nitrogens is 3. The first kappa shape index (κ1) is 19.6. The molecular formula is C23H18N6O3. The Morgan fingerprint density at radius 3 is 2.78 bits per heavy atom. The number of amides is 3. The number of carbonyl (C=O) groups excluding carboxylic acids is 3. The molecule has 2 aliphatic rings. The molecule has 0 radical (unpaired) electrons. The van der Waals surface area contributed by atoms with Crippen molar-refractivity contribution in [2.75, 3.05) is 0 Å². The van der Waals surface area contributed by atoms with Crippen LogP contribution in [0, 0.1) is 18.3 Å². The molecule has 158 valence electrons. The molecule has 32 heavy (non-hydrogen) atoms. The Morgan fingerprint density at radius 1 is 1.16 bits per heavy atom. The zero-order chi connectivity index (χ0) is 22.4. The van der Waals surface area contributed by atoms with Gasteiger partial charge in [-0.05, 0) is 42.7 Å². The highest BCUT2D eigenvalue weighted by Gasteiger charge is 2.39. The number of nitrogens with one attached hydrogen (secondary N) is 1. The van der Waals surface area contributed by atoms with Crippen molar-refractivity contribution in [3.63, 3.8) is 0 Å². The van der Waals surface area contributed by atoms with Crippen LogP contribution in [0.15, 0.2) is 42.6 Å². The first-order chi connectivity index (χ1) is 15.5. The van der Waals surface area contributed by atoms with Crippen molar-refractivity contribution < 1.29 is 14.4 Å². The molecule has 1 N–H and O–H groups in total. The molecule has 1 unspecified atom stereocenters. The number of hydrogen-bond acceptors (Lipinski definition) is 6. The summed E-state index contributed by atoms with van der Waals surface area (Å²) in [5, 5.41) is 20.0. The monoisotopic (exact) mass is 426 g/mol. The number of carbonyl (C=O) groups is 3. The molecular weight excluding hydrogens is 408 g/mol. The fourth-order valence-corrected chi connectivity index (χ4v) is 4.23. The first-order valence-corrected chi connectivity index (χ1v) is 10.2. The van der Waals surface area contributed by atoms with Crippen molar-refractivity contribution >= 4 is 17.7 Å². The first-order valence-electron chi connectivity index (χ1n) is 10.2. The molecule has 1 atom stereocenters. The highest BCUT2D eigenvalue weighted by molar-refractivity contribution is 6.05. The van der Waals surface area contributed by atoms with Gasteiger partial charge in [0.05, 0.1) is 23.5 Å². The van der Waals surface area contributed by atoms with E-state index in [1.54, 1.807) is 29.1 Å². The Bertz CT molecular complexity index is 1340. The maximum atomic E-state index is 13.0. The Morgan fingerprint density at radius 2 is 2.00 bits per heavy atom. The van der Waals surface area contributed by atoms with Crippen LogP contribution in [-0.4, -0.2) is 43.7 Å². The van der Waals surface area contributed by atoms with Crippen LogP contribution in [0.25, 0.3) is 16.9 Å². The molecule has 1 aromatic heterocycles. The summed E-state index contributed by atoms with van der Waals surface area (Å²) in [4.78, 5) is 38.2. The zero-order valence-electron chi connectivity index (χ0n) is 17.2. The van der Waals surface area contributed by atoms with Crippen molar-refractivity contribution in [1.29, 1.82) is 5.26 Å². The Kier molecular flexibility index (Phi) is 4.56. The summed E-state index contributed by atoms with van der Waals surface area (Å²) in [6, 6.07) is 12.4.